The van der Waals surface area contributed by atoms with E-state index in [2.05, 4.69) is 9.72 Å². The number of alkyl halides is 5. The van der Waals surface area contributed by atoms with Crippen LogP contribution in [0.3, 0.4) is 0 Å². The number of pyridine rings is 1. The zero-order valence-electron chi connectivity index (χ0n) is 8.69. The molecule has 0 aromatic carbocycles. The number of rotatable bonds is 2. The van der Waals surface area contributed by atoms with E-state index in [0.29, 0.717) is 6.07 Å². The van der Waals surface area contributed by atoms with Gasteiger partial charge in [0.25, 0.3) is 6.43 Å². The Kier molecular flexibility index (Phi) is 4.10. The first-order valence-corrected chi connectivity index (χ1v) is 4.70. The van der Waals surface area contributed by atoms with Crippen molar-refractivity contribution in [1.82, 2.24) is 4.98 Å². The molecule has 0 spiro atoms. The van der Waals surface area contributed by atoms with Crippen LogP contribution in [0.5, 0.6) is 0 Å². The highest BCUT2D eigenvalue weighted by Gasteiger charge is 2.39. The van der Waals surface area contributed by atoms with Gasteiger partial charge < -0.3 is 4.74 Å². The van der Waals surface area contributed by atoms with Crippen LogP contribution < -0.4 is 0 Å². The molecule has 0 N–H and O–H groups in total. The quantitative estimate of drug-likeness (QED) is 0.475. The van der Waals surface area contributed by atoms with E-state index in [9.17, 15) is 26.7 Å². The Morgan fingerprint density at radius 3 is 2.39 bits per heavy atom. The summed E-state index contributed by atoms with van der Waals surface area (Å²) in [7, 11) is 0.770. The average molecular weight is 290 g/mol. The smallest absolute Gasteiger partial charge is 0.417 e. The molecule has 0 aliphatic heterocycles. The van der Waals surface area contributed by atoms with Gasteiger partial charge in [0.1, 0.15) is 10.8 Å². The number of carbonyl (C=O) groups excluding carboxylic acids is 1. The standard InChI is InChI=1S/C9H5ClF5NO2/c1-18-8(17)5-3(9(13,14)15)2-4(10)16-6(5)7(11)12/h2,7H,1H3. The number of hydrogen-bond acceptors (Lipinski definition) is 3. The van der Waals surface area contributed by atoms with Gasteiger partial charge in [-0.2, -0.15) is 13.2 Å². The molecule has 0 unspecified atom stereocenters. The number of hydrogen-bond donors (Lipinski definition) is 0. The molecule has 100 valence electrons. The third kappa shape index (κ3) is 2.87. The van der Waals surface area contributed by atoms with Gasteiger partial charge >= 0.3 is 12.1 Å². The van der Waals surface area contributed by atoms with Crippen LogP contribution in [0.4, 0.5) is 22.0 Å². The highest BCUT2D eigenvalue weighted by Crippen LogP contribution is 2.37. The molecule has 0 amide bonds. The Balaban J connectivity index is 3.64. The fraction of sp³-hybridized carbons (Fsp3) is 0.333. The van der Waals surface area contributed by atoms with Crippen LogP contribution in [0, 0.1) is 0 Å². The third-order valence-corrected chi connectivity index (χ3v) is 2.11. The fourth-order valence-electron chi connectivity index (χ4n) is 1.23. The lowest BCUT2D eigenvalue weighted by Gasteiger charge is -2.14. The number of esters is 1. The van der Waals surface area contributed by atoms with Crippen molar-refractivity contribution in [3.63, 3.8) is 0 Å². The van der Waals surface area contributed by atoms with Crippen molar-refractivity contribution in [3.8, 4) is 0 Å². The molecular formula is C9H5ClF5NO2. The summed E-state index contributed by atoms with van der Waals surface area (Å²) in [6.45, 7) is 0. The lowest BCUT2D eigenvalue weighted by Crippen LogP contribution is -2.18. The summed E-state index contributed by atoms with van der Waals surface area (Å²) in [6.07, 6.45) is -8.42. The maximum Gasteiger partial charge on any atom is 0.417 e. The van der Waals surface area contributed by atoms with Crippen LogP contribution in [-0.2, 0) is 10.9 Å². The van der Waals surface area contributed by atoms with Gasteiger partial charge in [-0.15, -0.1) is 0 Å². The molecule has 1 aromatic heterocycles. The number of methoxy groups -OCH3 is 1. The van der Waals surface area contributed by atoms with Gasteiger partial charge in [0.15, 0.2) is 0 Å². The van der Waals surface area contributed by atoms with E-state index in [1.54, 1.807) is 0 Å². The van der Waals surface area contributed by atoms with E-state index in [0.717, 1.165) is 7.11 Å². The first-order valence-electron chi connectivity index (χ1n) is 4.32. The van der Waals surface area contributed by atoms with E-state index in [1.165, 1.54) is 0 Å². The third-order valence-electron chi connectivity index (χ3n) is 1.92. The van der Waals surface area contributed by atoms with Crippen molar-refractivity contribution >= 4 is 17.6 Å². The van der Waals surface area contributed by atoms with Crippen molar-refractivity contribution in [2.45, 2.75) is 12.6 Å². The van der Waals surface area contributed by atoms with Crippen LogP contribution in [0.2, 0.25) is 5.15 Å². The largest absolute Gasteiger partial charge is 0.465 e. The van der Waals surface area contributed by atoms with Crippen LogP contribution >= 0.6 is 11.6 Å². The van der Waals surface area contributed by atoms with Crippen molar-refractivity contribution in [3.05, 3.63) is 28.0 Å². The molecule has 0 radical (unpaired) electrons. The monoisotopic (exact) mass is 289 g/mol. The molecule has 0 atom stereocenters. The molecule has 1 heterocycles. The zero-order chi connectivity index (χ0) is 14.1. The van der Waals surface area contributed by atoms with Crippen molar-refractivity contribution in [2.24, 2.45) is 0 Å². The molecule has 0 saturated carbocycles. The molecule has 0 fully saturated rings. The number of aromatic nitrogens is 1. The summed E-state index contributed by atoms with van der Waals surface area (Å²) in [5, 5.41) is -0.787. The molecule has 1 aromatic rings. The molecule has 0 bridgehead atoms. The summed E-state index contributed by atoms with van der Waals surface area (Å²) in [6, 6.07) is 0.291. The van der Waals surface area contributed by atoms with E-state index in [1.807, 2.05) is 0 Å². The van der Waals surface area contributed by atoms with Crippen molar-refractivity contribution in [1.29, 1.82) is 0 Å². The summed E-state index contributed by atoms with van der Waals surface area (Å²) in [5.41, 5.74) is -4.30. The number of nitrogens with zero attached hydrogens (tertiary/aromatic N) is 1. The van der Waals surface area contributed by atoms with Crippen LogP contribution in [0.25, 0.3) is 0 Å². The molecule has 1 rings (SSSR count). The minimum absolute atomic E-state index is 0.291. The van der Waals surface area contributed by atoms with E-state index >= 15 is 0 Å². The molecule has 18 heavy (non-hydrogen) atoms. The van der Waals surface area contributed by atoms with Gasteiger partial charge in [0.2, 0.25) is 0 Å². The first-order chi connectivity index (χ1) is 8.18. The van der Waals surface area contributed by atoms with Gasteiger partial charge in [0, 0.05) is 0 Å². The van der Waals surface area contributed by atoms with Gasteiger partial charge in [-0.1, -0.05) is 11.6 Å². The molecule has 0 aliphatic rings. The van der Waals surface area contributed by atoms with Crippen LogP contribution in [-0.4, -0.2) is 18.1 Å². The van der Waals surface area contributed by atoms with E-state index in [-0.39, 0.29) is 0 Å². The fourth-order valence-corrected chi connectivity index (χ4v) is 1.43. The minimum Gasteiger partial charge on any atom is -0.465 e. The molecule has 9 heteroatoms. The van der Waals surface area contributed by atoms with E-state index in [4.69, 9.17) is 11.6 Å². The Morgan fingerprint density at radius 2 is 2.00 bits per heavy atom. The maximum absolute atomic E-state index is 12.6. The molecule has 0 saturated heterocycles. The number of ether oxygens (including phenoxy) is 1. The molecule has 0 aliphatic carbocycles. The Labute approximate surface area is 103 Å². The highest BCUT2D eigenvalue weighted by molar-refractivity contribution is 6.29. The second-order valence-corrected chi connectivity index (χ2v) is 3.43. The Bertz CT molecular complexity index is 475. The summed E-state index contributed by atoms with van der Waals surface area (Å²) >= 11 is 5.22. The lowest BCUT2D eigenvalue weighted by molar-refractivity contribution is -0.138. The predicted octanol–water partition coefficient (Wildman–Crippen LogP) is 3.48. The number of carbonyl (C=O) groups is 1. The Morgan fingerprint density at radius 1 is 1.44 bits per heavy atom. The summed E-state index contributed by atoms with van der Waals surface area (Å²) < 4.78 is 67.1. The highest BCUT2D eigenvalue weighted by atomic mass is 35.5. The van der Waals surface area contributed by atoms with Crippen molar-refractivity contribution in [2.75, 3.05) is 7.11 Å². The summed E-state index contributed by atoms with van der Waals surface area (Å²) in [5.74, 6) is -1.55. The first kappa shape index (κ1) is 14.6. The molecular weight excluding hydrogens is 285 g/mol. The lowest BCUT2D eigenvalue weighted by atomic mass is 10.1. The van der Waals surface area contributed by atoms with Gasteiger partial charge in [-0.25, -0.2) is 18.6 Å². The van der Waals surface area contributed by atoms with Gasteiger partial charge in [0.05, 0.1) is 18.2 Å². The predicted molar refractivity (Wildman–Crippen MR) is 50.5 cm³/mol. The normalized spacial score (nSPS) is 11.8. The summed E-state index contributed by atoms with van der Waals surface area (Å²) in [4.78, 5) is 14.2. The number of halogens is 6. The van der Waals surface area contributed by atoms with Crippen molar-refractivity contribution < 1.29 is 31.5 Å². The zero-order valence-corrected chi connectivity index (χ0v) is 9.44. The second kappa shape index (κ2) is 5.05. The van der Waals surface area contributed by atoms with Gasteiger partial charge in [-0.3, -0.25) is 0 Å². The SMILES string of the molecule is COC(=O)c1c(C(F)(F)F)cc(Cl)nc1C(F)F. The van der Waals surface area contributed by atoms with Crippen LogP contribution in [0.1, 0.15) is 28.0 Å². The molecule has 3 nitrogen and oxygen atoms in total. The Hall–Kier alpha value is -1.44. The maximum atomic E-state index is 12.6. The topological polar surface area (TPSA) is 39.2 Å². The average Bonchev–Trinajstić information content (AvgIpc) is 2.25. The minimum atomic E-state index is -5.03. The second-order valence-electron chi connectivity index (χ2n) is 3.04. The van der Waals surface area contributed by atoms with E-state index < -0.39 is 40.5 Å². The van der Waals surface area contributed by atoms with Gasteiger partial charge in [-0.05, 0) is 6.07 Å². The van der Waals surface area contributed by atoms with Crippen LogP contribution in [0.15, 0.2) is 6.07 Å².